The van der Waals surface area contributed by atoms with Crippen molar-refractivity contribution in [3.05, 3.63) is 65.4 Å². The van der Waals surface area contributed by atoms with Crippen molar-refractivity contribution in [3.63, 3.8) is 0 Å². The molecule has 7 N–H and O–H groups in total. The van der Waals surface area contributed by atoms with E-state index in [1.807, 2.05) is 24.3 Å². The number of benzene rings is 2. The standard InChI is InChI=1S/C20H21N3O5/c21-15(9-12-10-22-16-4-2-1-3-13(12)16)19(25)14-7-11(5-6-18(14)24)8-17(23-28)20(26)27/h1-7,10,15,17,22-24,28H,8-9,21H2,(H,26,27)/t15-,17-/m0/s1. The van der Waals surface area contributed by atoms with Gasteiger partial charge in [-0.05, 0) is 35.7 Å². The second-order valence-corrected chi connectivity index (χ2v) is 6.61. The van der Waals surface area contributed by atoms with Gasteiger partial charge >= 0.3 is 5.97 Å². The lowest BCUT2D eigenvalue weighted by Gasteiger charge is -2.14. The van der Waals surface area contributed by atoms with Gasteiger partial charge in [-0.3, -0.25) is 9.59 Å². The molecule has 3 aromatic rings. The summed E-state index contributed by atoms with van der Waals surface area (Å²) in [5.41, 5.74) is 10.1. The lowest BCUT2D eigenvalue weighted by atomic mass is 9.95. The van der Waals surface area contributed by atoms with Crippen molar-refractivity contribution < 1.29 is 25.0 Å². The number of phenolic OH excluding ortho intramolecular Hbond substituents is 1. The van der Waals surface area contributed by atoms with Crippen LogP contribution in [0.25, 0.3) is 10.9 Å². The highest BCUT2D eigenvalue weighted by Gasteiger charge is 2.23. The Balaban J connectivity index is 1.80. The Morgan fingerprint density at radius 2 is 1.89 bits per heavy atom. The third-order valence-corrected chi connectivity index (χ3v) is 4.67. The number of nitrogens with two attached hydrogens (primary N) is 1. The van der Waals surface area contributed by atoms with Gasteiger partial charge in [0.25, 0.3) is 0 Å². The van der Waals surface area contributed by atoms with E-state index < -0.39 is 23.8 Å². The van der Waals surface area contributed by atoms with Crippen LogP contribution in [0.5, 0.6) is 5.75 Å². The van der Waals surface area contributed by atoms with Crippen LogP contribution in [0.15, 0.2) is 48.7 Å². The minimum absolute atomic E-state index is 0.0203. The largest absolute Gasteiger partial charge is 0.507 e. The second kappa shape index (κ2) is 8.22. The zero-order valence-electron chi connectivity index (χ0n) is 14.9. The minimum Gasteiger partial charge on any atom is -0.507 e. The number of aromatic amines is 1. The fourth-order valence-corrected chi connectivity index (χ4v) is 3.16. The summed E-state index contributed by atoms with van der Waals surface area (Å²) < 4.78 is 0. The number of ketones is 1. The van der Waals surface area contributed by atoms with E-state index >= 15 is 0 Å². The van der Waals surface area contributed by atoms with E-state index in [4.69, 9.17) is 16.0 Å². The molecule has 0 unspecified atom stereocenters. The van der Waals surface area contributed by atoms with Gasteiger partial charge < -0.3 is 26.1 Å². The van der Waals surface area contributed by atoms with E-state index in [0.717, 1.165) is 16.5 Å². The lowest BCUT2D eigenvalue weighted by molar-refractivity contribution is -0.142. The van der Waals surface area contributed by atoms with E-state index in [0.29, 0.717) is 5.56 Å². The smallest absolute Gasteiger partial charge is 0.323 e. The predicted molar refractivity (Wildman–Crippen MR) is 102 cm³/mol. The van der Waals surface area contributed by atoms with Crippen LogP contribution in [0.1, 0.15) is 21.5 Å². The molecule has 8 heteroatoms. The van der Waals surface area contributed by atoms with Crippen molar-refractivity contribution in [2.24, 2.45) is 5.73 Å². The number of H-pyrrole nitrogens is 1. The third-order valence-electron chi connectivity index (χ3n) is 4.67. The number of aromatic hydroxyl groups is 1. The maximum Gasteiger partial charge on any atom is 0.323 e. The molecule has 0 aliphatic carbocycles. The van der Waals surface area contributed by atoms with Gasteiger partial charge in [-0.1, -0.05) is 24.3 Å². The summed E-state index contributed by atoms with van der Waals surface area (Å²) in [6.45, 7) is 0. The summed E-state index contributed by atoms with van der Waals surface area (Å²) in [6, 6.07) is 9.76. The lowest BCUT2D eigenvalue weighted by Crippen LogP contribution is -2.36. The first-order chi connectivity index (χ1) is 13.4. The van der Waals surface area contributed by atoms with Crippen molar-refractivity contribution in [3.8, 4) is 5.75 Å². The summed E-state index contributed by atoms with van der Waals surface area (Å²) in [4.78, 5) is 27.0. The van der Waals surface area contributed by atoms with Gasteiger partial charge in [0.05, 0.1) is 11.6 Å². The van der Waals surface area contributed by atoms with E-state index in [1.54, 1.807) is 11.7 Å². The van der Waals surface area contributed by atoms with Gasteiger partial charge in [-0.2, -0.15) is 5.48 Å². The number of para-hydroxylation sites is 1. The number of hydrogen-bond donors (Lipinski definition) is 6. The van der Waals surface area contributed by atoms with Crippen LogP contribution in [0.3, 0.4) is 0 Å². The van der Waals surface area contributed by atoms with Crippen LogP contribution in [-0.4, -0.2) is 44.2 Å². The van der Waals surface area contributed by atoms with Crippen molar-refractivity contribution in [2.75, 3.05) is 0 Å². The van der Waals surface area contributed by atoms with Crippen molar-refractivity contribution >= 4 is 22.7 Å². The Bertz CT molecular complexity index is 1010. The van der Waals surface area contributed by atoms with E-state index in [9.17, 15) is 14.7 Å². The molecule has 28 heavy (non-hydrogen) atoms. The molecule has 0 saturated carbocycles. The number of aromatic nitrogens is 1. The maximum atomic E-state index is 12.8. The number of carbonyl (C=O) groups excluding carboxylic acids is 1. The molecule has 0 amide bonds. The number of phenols is 1. The van der Waals surface area contributed by atoms with E-state index in [2.05, 4.69) is 4.98 Å². The molecule has 0 aliphatic heterocycles. The topological polar surface area (TPSA) is 149 Å². The van der Waals surface area contributed by atoms with Crippen LogP contribution in [-0.2, 0) is 17.6 Å². The van der Waals surface area contributed by atoms with Gasteiger partial charge in [0.1, 0.15) is 11.8 Å². The maximum absolute atomic E-state index is 12.8. The molecule has 2 aromatic carbocycles. The first kappa shape index (κ1) is 19.6. The van der Waals surface area contributed by atoms with Gasteiger partial charge in [0.2, 0.25) is 0 Å². The molecule has 8 nitrogen and oxygen atoms in total. The Morgan fingerprint density at radius 3 is 2.61 bits per heavy atom. The SMILES string of the molecule is N[C@@H](Cc1c[nH]c2ccccc12)C(=O)c1cc(C[C@H](NO)C(=O)O)ccc1O. The molecule has 0 saturated heterocycles. The van der Waals surface area contributed by atoms with E-state index in [1.165, 1.54) is 18.2 Å². The Labute approximate surface area is 160 Å². The molecule has 0 radical (unpaired) electrons. The molecule has 2 atom stereocenters. The summed E-state index contributed by atoms with van der Waals surface area (Å²) in [6.07, 6.45) is 2.02. The highest BCUT2D eigenvalue weighted by molar-refractivity contribution is 6.02. The molecule has 1 aromatic heterocycles. The number of carboxylic acid groups (broad SMARTS) is 1. The van der Waals surface area contributed by atoms with Crippen LogP contribution >= 0.6 is 0 Å². The Hall–Kier alpha value is -3.20. The van der Waals surface area contributed by atoms with Crippen LogP contribution in [0.4, 0.5) is 0 Å². The molecular weight excluding hydrogens is 362 g/mol. The number of fused-ring (bicyclic) bond motifs is 1. The number of hydrogen-bond acceptors (Lipinski definition) is 6. The summed E-state index contributed by atoms with van der Waals surface area (Å²) in [5, 5.41) is 29.0. The average Bonchev–Trinajstić information content (AvgIpc) is 3.09. The first-order valence-electron chi connectivity index (χ1n) is 8.69. The second-order valence-electron chi connectivity index (χ2n) is 6.61. The van der Waals surface area contributed by atoms with Gasteiger partial charge in [-0.25, -0.2) is 0 Å². The fraction of sp³-hybridized carbons (Fsp3) is 0.200. The molecular formula is C20H21N3O5. The zero-order chi connectivity index (χ0) is 20.3. The van der Waals surface area contributed by atoms with E-state index in [-0.39, 0.29) is 24.2 Å². The summed E-state index contributed by atoms with van der Waals surface area (Å²) in [5.74, 6) is -1.92. The van der Waals surface area contributed by atoms with Crippen LogP contribution in [0, 0.1) is 0 Å². The highest BCUT2D eigenvalue weighted by atomic mass is 16.5. The van der Waals surface area contributed by atoms with Gasteiger partial charge in [0, 0.05) is 23.5 Å². The van der Waals surface area contributed by atoms with Crippen LogP contribution in [0.2, 0.25) is 0 Å². The number of nitrogens with one attached hydrogen (secondary N) is 2. The molecule has 0 bridgehead atoms. The monoisotopic (exact) mass is 383 g/mol. The quantitative estimate of drug-likeness (QED) is 0.256. The minimum atomic E-state index is -1.24. The number of carbonyl (C=O) groups is 2. The fourth-order valence-electron chi connectivity index (χ4n) is 3.16. The molecule has 0 aliphatic rings. The molecule has 146 valence electrons. The number of rotatable bonds is 8. The third kappa shape index (κ3) is 4.04. The number of carboxylic acids is 1. The van der Waals surface area contributed by atoms with Crippen molar-refractivity contribution in [2.45, 2.75) is 24.9 Å². The molecule has 3 rings (SSSR count). The van der Waals surface area contributed by atoms with Gasteiger partial charge in [-0.15, -0.1) is 0 Å². The van der Waals surface area contributed by atoms with Crippen molar-refractivity contribution in [1.82, 2.24) is 10.5 Å². The van der Waals surface area contributed by atoms with Gasteiger partial charge in [0.15, 0.2) is 5.78 Å². The van der Waals surface area contributed by atoms with Crippen LogP contribution < -0.4 is 11.2 Å². The number of Topliss-reactive ketones (excluding diaryl/α,β-unsaturated/α-hetero) is 1. The summed E-state index contributed by atoms with van der Waals surface area (Å²) in [7, 11) is 0. The Morgan fingerprint density at radius 1 is 1.14 bits per heavy atom. The molecule has 0 fully saturated rings. The Kier molecular flexibility index (Phi) is 5.74. The average molecular weight is 383 g/mol. The highest BCUT2D eigenvalue weighted by Crippen LogP contribution is 2.23. The number of hydroxylamine groups is 1. The molecule has 1 heterocycles. The molecule has 0 spiro atoms. The summed E-state index contributed by atoms with van der Waals surface area (Å²) >= 11 is 0. The predicted octanol–water partition coefficient (Wildman–Crippen LogP) is 1.60. The van der Waals surface area contributed by atoms with Crippen molar-refractivity contribution in [1.29, 1.82) is 0 Å². The zero-order valence-corrected chi connectivity index (χ0v) is 14.9. The normalized spacial score (nSPS) is 13.4. The first-order valence-corrected chi connectivity index (χ1v) is 8.69. The number of aliphatic carboxylic acids is 1.